The molecule has 0 amide bonds. The first-order valence-corrected chi connectivity index (χ1v) is 10.1. The first kappa shape index (κ1) is 18.5. The van der Waals surface area contributed by atoms with Crippen molar-refractivity contribution in [1.82, 2.24) is 10.2 Å². The largest absolute Gasteiger partial charge is 0.339 e. The molecule has 2 aromatic carbocycles. The molecular weight excluding hydrogens is 362 g/mol. The molecule has 0 atom stereocenters. The van der Waals surface area contributed by atoms with Crippen LogP contribution in [0.4, 0.5) is 17.2 Å². The van der Waals surface area contributed by atoms with Crippen LogP contribution in [0.25, 0.3) is 0 Å². The smallest absolute Gasteiger partial charge is 0.229 e. The molecular formula is C19H19N5O2S. The molecule has 3 rings (SSSR count). The summed E-state index contributed by atoms with van der Waals surface area (Å²) in [4.78, 5) is 0. The topological polar surface area (TPSA) is 111 Å². The predicted molar refractivity (Wildman–Crippen MR) is 105 cm³/mol. The van der Waals surface area contributed by atoms with Crippen LogP contribution in [0.3, 0.4) is 0 Å². The average Bonchev–Trinajstić information content (AvgIpc) is 3.04. The Morgan fingerprint density at radius 1 is 1.15 bits per heavy atom. The minimum atomic E-state index is -3.30. The molecule has 0 bridgehead atoms. The van der Waals surface area contributed by atoms with Crippen molar-refractivity contribution in [3.8, 4) is 6.07 Å². The predicted octanol–water partition coefficient (Wildman–Crippen LogP) is 3.30. The van der Waals surface area contributed by atoms with Gasteiger partial charge in [-0.2, -0.15) is 10.4 Å². The number of nitriles is 1. The summed E-state index contributed by atoms with van der Waals surface area (Å²) in [6.07, 6.45) is 1.80. The molecule has 138 valence electrons. The second-order valence-corrected chi connectivity index (χ2v) is 8.04. The maximum atomic E-state index is 11.3. The normalized spacial score (nSPS) is 11.0. The fraction of sp³-hybridized carbons (Fsp3) is 0.158. The second-order valence-electron chi connectivity index (χ2n) is 6.29. The highest BCUT2D eigenvalue weighted by molar-refractivity contribution is 7.92. The van der Waals surface area contributed by atoms with E-state index in [2.05, 4.69) is 26.3 Å². The number of sulfonamides is 1. The minimum Gasteiger partial charge on any atom is -0.339 e. The molecule has 0 aliphatic rings. The lowest BCUT2D eigenvalue weighted by Crippen LogP contribution is -2.09. The van der Waals surface area contributed by atoms with Gasteiger partial charge in [0, 0.05) is 29.6 Å². The van der Waals surface area contributed by atoms with E-state index in [1.165, 1.54) is 0 Å². The Hall–Kier alpha value is -3.31. The van der Waals surface area contributed by atoms with E-state index in [1.807, 2.05) is 25.1 Å². The molecule has 0 spiro atoms. The Morgan fingerprint density at radius 2 is 1.89 bits per heavy atom. The number of nitrogens with zero attached hydrogens (tertiary/aromatic N) is 2. The number of aromatic amines is 1. The number of anilines is 3. The van der Waals surface area contributed by atoms with Crippen molar-refractivity contribution in [3.63, 3.8) is 0 Å². The van der Waals surface area contributed by atoms with Crippen LogP contribution in [0.2, 0.25) is 0 Å². The Balaban J connectivity index is 1.69. The van der Waals surface area contributed by atoms with Gasteiger partial charge in [-0.15, -0.1) is 0 Å². The van der Waals surface area contributed by atoms with E-state index in [9.17, 15) is 8.42 Å². The summed E-state index contributed by atoms with van der Waals surface area (Å²) in [7, 11) is -3.30. The van der Waals surface area contributed by atoms with E-state index in [0.717, 1.165) is 28.8 Å². The highest BCUT2D eigenvalue weighted by atomic mass is 32.2. The molecule has 0 saturated carbocycles. The first-order chi connectivity index (χ1) is 12.8. The number of H-pyrrole nitrogens is 1. The van der Waals surface area contributed by atoms with Gasteiger partial charge in [-0.25, -0.2) is 8.42 Å². The molecule has 27 heavy (non-hydrogen) atoms. The summed E-state index contributed by atoms with van der Waals surface area (Å²) in [6.45, 7) is 1.89. The van der Waals surface area contributed by atoms with Crippen LogP contribution in [0, 0.1) is 18.3 Å². The minimum absolute atomic E-state index is 0.518. The maximum absolute atomic E-state index is 11.3. The van der Waals surface area contributed by atoms with Crippen molar-refractivity contribution in [3.05, 3.63) is 70.9 Å². The molecule has 1 aromatic heterocycles. The van der Waals surface area contributed by atoms with Gasteiger partial charge in [0.2, 0.25) is 10.0 Å². The Morgan fingerprint density at radius 3 is 2.52 bits per heavy atom. The monoisotopic (exact) mass is 381 g/mol. The molecule has 3 aromatic rings. The fourth-order valence-corrected chi connectivity index (χ4v) is 3.21. The molecule has 1 heterocycles. The van der Waals surface area contributed by atoms with Crippen molar-refractivity contribution in [2.24, 2.45) is 0 Å². The number of aryl methyl sites for hydroxylation is 1. The van der Waals surface area contributed by atoms with Crippen LogP contribution in [-0.4, -0.2) is 24.9 Å². The number of hydrogen-bond donors (Lipinski definition) is 3. The molecule has 0 aliphatic heterocycles. The third-order valence-corrected chi connectivity index (χ3v) is 4.51. The summed E-state index contributed by atoms with van der Waals surface area (Å²) >= 11 is 0. The third kappa shape index (κ3) is 5.09. The van der Waals surface area contributed by atoms with Crippen LogP contribution in [-0.2, 0) is 16.4 Å². The number of hydrogen-bond acceptors (Lipinski definition) is 5. The van der Waals surface area contributed by atoms with Gasteiger partial charge < -0.3 is 5.32 Å². The van der Waals surface area contributed by atoms with E-state index < -0.39 is 10.0 Å². The molecule has 0 saturated heterocycles. The molecule has 8 heteroatoms. The van der Waals surface area contributed by atoms with Gasteiger partial charge >= 0.3 is 0 Å². The van der Waals surface area contributed by atoms with Crippen LogP contribution in [0.1, 0.15) is 22.4 Å². The summed E-state index contributed by atoms with van der Waals surface area (Å²) in [6, 6.07) is 16.7. The Kier molecular flexibility index (Phi) is 5.14. The van der Waals surface area contributed by atoms with Crippen molar-refractivity contribution in [2.75, 3.05) is 16.3 Å². The van der Waals surface area contributed by atoms with Crippen LogP contribution >= 0.6 is 0 Å². The zero-order valence-corrected chi connectivity index (χ0v) is 15.8. The highest BCUT2D eigenvalue weighted by Gasteiger charge is 2.07. The SMILES string of the molecule is Cc1cc(NS(C)(=O)=O)ccc1Nc1cc(Cc2ccc(C#N)cc2)[nH]n1. The summed E-state index contributed by atoms with van der Waals surface area (Å²) in [5.41, 5.74) is 4.90. The number of nitrogens with one attached hydrogen (secondary N) is 3. The molecule has 0 unspecified atom stereocenters. The standard InChI is InChI=1S/C19H19N5O2S/c1-13-9-16(24-27(2,25)26)7-8-18(13)21-19-11-17(22-23-19)10-14-3-5-15(12-20)6-4-14/h3-9,11,24H,10H2,1-2H3,(H2,21,22,23). The lowest BCUT2D eigenvalue weighted by Gasteiger charge is -2.10. The van der Waals surface area contributed by atoms with Crippen LogP contribution in [0.15, 0.2) is 48.5 Å². The van der Waals surface area contributed by atoms with Gasteiger partial charge in [-0.05, 0) is 48.4 Å². The fourth-order valence-electron chi connectivity index (χ4n) is 2.65. The van der Waals surface area contributed by atoms with Gasteiger partial charge in [0.05, 0.1) is 17.9 Å². The van der Waals surface area contributed by atoms with Crippen molar-refractivity contribution in [2.45, 2.75) is 13.3 Å². The van der Waals surface area contributed by atoms with E-state index in [4.69, 9.17) is 5.26 Å². The molecule has 0 fully saturated rings. The summed E-state index contributed by atoms with van der Waals surface area (Å²) in [5, 5.41) is 19.3. The lowest BCUT2D eigenvalue weighted by molar-refractivity contribution is 0.607. The van der Waals surface area contributed by atoms with E-state index >= 15 is 0 Å². The lowest BCUT2D eigenvalue weighted by atomic mass is 10.1. The Labute approximate surface area is 158 Å². The van der Waals surface area contributed by atoms with Gasteiger partial charge in [-0.3, -0.25) is 9.82 Å². The van der Waals surface area contributed by atoms with E-state index in [1.54, 1.807) is 30.3 Å². The zero-order valence-electron chi connectivity index (χ0n) is 14.9. The van der Waals surface area contributed by atoms with E-state index in [0.29, 0.717) is 23.5 Å². The van der Waals surface area contributed by atoms with Gasteiger partial charge in [0.1, 0.15) is 0 Å². The van der Waals surface area contributed by atoms with E-state index in [-0.39, 0.29) is 0 Å². The van der Waals surface area contributed by atoms with Gasteiger partial charge in [0.25, 0.3) is 0 Å². The molecule has 0 radical (unpaired) electrons. The summed E-state index contributed by atoms with van der Waals surface area (Å²) < 4.78 is 25.1. The van der Waals surface area contributed by atoms with Crippen molar-refractivity contribution in [1.29, 1.82) is 5.26 Å². The third-order valence-electron chi connectivity index (χ3n) is 3.90. The van der Waals surface area contributed by atoms with Gasteiger partial charge in [-0.1, -0.05) is 12.1 Å². The quantitative estimate of drug-likeness (QED) is 0.607. The van der Waals surface area contributed by atoms with Crippen LogP contribution in [0.5, 0.6) is 0 Å². The van der Waals surface area contributed by atoms with Gasteiger partial charge in [0.15, 0.2) is 5.82 Å². The Bertz CT molecular complexity index is 1100. The van der Waals surface area contributed by atoms with Crippen molar-refractivity contribution < 1.29 is 8.42 Å². The summed E-state index contributed by atoms with van der Waals surface area (Å²) in [5.74, 6) is 0.672. The molecule has 3 N–H and O–H groups in total. The average molecular weight is 381 g/mol. The number of benzene rings is 2. The zero-order chi connectivity index (χ0) is 19.4. The highest BCUT2D eigenvalue weighted by Crippen LogP contribution is 2.24. The van der Waals surface area contributed by atoms with Crippen molar-refractivity contribution >= 4 is 27.2 Å². The number of aromatic nitrogens is 2. The molecule has 0 aliphatic carbocycles. The first-order valence-electron chi connectivity index (χ1n) is 8.21. The van der Waals surface area contributed by atoms with Crippen LogP contribution < -0.4 is 10.0 Å². The number of rotatable bonds is 6. The maximum Gasteiger partial charge on any atom is 0.229 e. The second kappa shape index (κ2) is 7.51. The molecule has 7 nitrogen and oxygen atoms in total.